The van der Waals surface area contributed by atoms with Crippen molar-refractivity contribution in [1.82, 2.24) is 4.98 Å². The molecule has 6 heteroatoms. The highest BCUT2D eigenvalue weighted by molar-refractivity contribution is 9.10. The molecular formula is C7H5BrClF2NO. The first kappa shape index (κ1) is 10.7. The van der Waals surface area contributed by atoms with Crippen molar-refractivity contribution in [2.45, 2.75) is 6.43 Å². The Labute approximate surface area is 87.0 Å². The van der Waals surface area contributed by atoms with Crippen LogP contribution in [0.1, 0.15) is 12.0 Å². The van der Waals surface area contributed by atoms with Crippen LogP contribution >= 0.6 is 27.5 Å². The molecule has 0 radical (unpaired) electrons. The molecule has 0 aliphatic carbocycles. The zero-order valence-corrected chi connectivity index (χ0v) is 8.86. The summed E-state index contributed by atoms with van der Waals surface area (Å²) in [5.41, 5.74) is -0.332. The number of rotatable bonds is 2. The molecule has 0 saturated heterocycles. The van der Waals surface area contributed by atoms with Gasteiger partial charge in [-0.1, -0.05) is 11.6 Å². The van der Waals surface area contributed by atoms with E-state index >= 15 is 0 Å². The minimum absolute atomic E-state index is 0.220. The normalized spacial score (nSPS) is 10.6. The lowest BCUT2D eigenvalue weighted by molar-refractivity contribution is 0.150. The van der Waals surface area contributed by atoms with Crippen molar-refractivity contribution in [3.05, 3.63) is 21.4 Å². The van der Waals surface area contributed by atoms with Gasteiger partial charge in [-0.3, -0.25) is 0 Å². The summed E-state index contributed by atoms with van der Waals surface area (Å²) in [4.78, 5) is 3.64. The molecule has 0 amide bonds. The molecule has 1 rings (SSSR count). The van der Waals surface area contributed by atoms with Crippen molar-refractivity contribution in [2.75, 3.05) is 7.11 Å². The molecule has 0 N–H and O–H groups in total. The van der Waals surface area contributed by atoms with Gasteiger partial charge in [0.15, 0.2) is 5.75 Å². The maximum absolute atomic E-state index is 12.3. The van der Waals surface area contributed by atoms with E-state index in [1.54, 1.807) is 0 Å². The Morgan fingerprint density at radius 3 is 2.69 bits per heavy atom. The molecule has 1 aromatic heterocycles. The number of alkyl halides is 2. The van der Waals surface area contributed by atoms with Crippen molar-refractivity contribution in [3.63, 3.8) is 0 Å². The second-order valence-corrected chi connectivity index (χ2v) is 3.27. The second kappa shape index (κ2) is 4.19. The lowest BCUT2D eigenvalue weighted by Gasteiger charge is -2.06. The van der Waals surface area contributed by atoms with Crippen LogP contribution in [0.25, 0.3) is 0 Å². The van der Waals surface area contributed by atoms with E-state index in [9.17, 15) is 8.78 Å². The maximum atomic E-state index is 12.3. The van der Waals surface area contributed by atoms with Gasteiger partial charge in [0.1, 0.15) is 9.76 Å². The largest absolute Gasteiger partial charge is 0.494 e. The molecule has 0 fully saturated rings. The lowest BCUT2D eigenvalue weighted by atomic mass is 10.3. The molecule has 0 spiro atoms. The summed E-state index contributed by atoms with van der Waals surface area (Å²) in [5, 5.41) is -0.220. The predicted molar refractivity (Wildman–Crippen MR) is 48.5 cm³/mol. The lowest BCUT2D eigenvalue weighted by Crippen LogP contribution is -1.94. The minimum atomic E-state index is -2.65. The van der Waals surface area contributed by atoms with E-state index < -0.39 is 6.43 Å². The molecule has 0 bridgehead atoms. The molecule has 0 saturated carbocycles. The van der Waals surface area contributed by atoms with Gasteiger partial charge in [0, 0.05) is 0 Å². The van der Waals surface area contributed by atoms with E-state index in [0.29, 0.717) is 4.60 Å². The zero-order valence-electron chi connectivity index (χ0n) is 6.52. The quantitative estimate of drug-likeness (QED) is 0.769. The molecule has 13 heavy (non-hydrogen) atoms. The summed E-state index contributed by atoms with van der Waals surface area (Å²) in [6.45, 7) is 0. The molecule has 0 aromatic carbocycles. The van der Waals surface area contributed by atoms with Gasteiger partial charge in [-0.15, -0.1) is 0 Å². The first-order chi connectivity index (χ1) is 6.06. The summed E-state index contributed by atoms with van der Waals surface area (Å²) in [6, 6.07) is 1.16. The monoisotopic (exact) mass is 271 g/mol. The van der Waals surface area contributed by atoms with Gasteiger partial charge in [0.05, 0.1) is 12.7 Å². The molecule has 1 heterocycles. The third kappa shape index (κ3) is 2.28. The van der Waals surface area contributed by atoms with Crippen LogP contribution in [0.5, 0.6) is 5.75 Å². The van der Waals surface area contributed by atoms with E-state index in [0.717, 1.165) is 6.07 Å². The Balaban J connectivity index is 3.22. The van der Waals surface area contributed by atoms with Crippen molar-refractivity contribution in [2.24, 2.45) is 0 Å². The van der Waals surface area contributed by atoms with E-state index in [-0.39, 0.29) is 16.5 Å². The third-order valence-corrected chi connectivity index (χ3v) is 2.25. The minimum Gasteiger partial charge on any atom is -0.494 e. The summed E-state index contributed by atoms with van der Waals surface area (Å²) < 4.78 is 29.7. The third-order valence-electron chi connectivity index (χ3n) is 1.38. The average molecular weight is 272 g/mol. The van der Waals surface area contributed by atoms with E-state index in [2.05, 4.69) is 20.9 Å². The standard InChI is InChI=1S/C7H5BrClF2NO/c1-13-4-2-3(7(10)11)6(9)12-5(4)8/h2,7H,1H3. The van der Waals surface area contributed by atoms with Gasteiger partial charge in [-0.05, 0) is 22.0 Å². The van der Waals surface area contributed by atoms with Crippen LogP contribution in [-0.2, 0) is 0 Å². The van der Waals surface area contributed by atoms with Crippen molar-refractivity contribution >= 4 is 27.5 Å². The molecule has 72 valence electrons. The topological polar surface area (TPSA) is 22.1 Å². The van der Waals surface area contributed by atoms with Gasteiger partial charge in [0.2, 0.25) is 0 Å². The van der Waals surface area contributed by atoms with Crippen molar-refractivity contribution < 1.29 is 13.5 Å². The van der Waals surface area contributed by atoms with Gasteiger partial charge in [-0.2, -0.15) is 0 Å². The Bertz CT molecular complexity index is 322. The van der Waals surface area contributed by atoms with Crippen molar-refractivity contribution in [1.29, 1.82) is 0 Å². The predicted octanol–water partition coefficient (Wildman–Crippen LogP) is 3.44. The fourth-order valence-electron chi connectivity index (χ4n) is 0.762. The first-order valence-corrected chi connectivity index (χ1v) is 4.41. The van der Waals surface area contributed by atoms with Gasteiger partial charge in [-0.25, -0.2) is 13.8 Å². The number of pyridine rings is 1. The first-order valence-electron chi connectivity index (χ1n) is 3.24. The summed E-state index contributed by atoms with van der Waals surface area (Å²) in [5.74, 6) is 0.236. The molecular weight excluding hydrogens is 267 g/mol. The molecule has 2 nitrogen and oxygen atoms in total. The van der Waals surface area contributed by atoms with Crippen LogP contribution in [-0.4, -0.2) is 12.1 Å². The van der Waals surface area contributed by atoms with Gasteiger partial charge < -0.3 is 4.74 Å². The average Bonchev–Trinajstić information content (AvgIpc) is 2.03. The number of ether oxygens (including phenoxy) is 1. The fourth-order valence-corrected chi connectivity index (χ4v) is 1.54. The van der Waals surface area contributed by atoms with Crippen LogP contribution < -0.4 is 4.74 Å². The van der Waals surface area contributed by atoms with E-state index in [1.165, 1.54) is 7.11 Å². The van der Waals surface area contributed by atoms with Gasteiger partial charge in [0.25, 0.3) is 6.43 Å². The van der Waals surface area contributed by atoms with Crippen LogP contribution in [0.2, 0.25) is 5.15 Å². The summed E-state index contributed by atoms with van der Waals surface area (Å²) in [6.07, 6.45) is -2.65. The molecule has 0 atom stereocenters. The highest BCUT2D eigenvalue weighted by atomic mass is 79.9. The number of nitrogens with zero attached hydrogens (tertiary/aromatic N) is 1. The number of aromatic nitrogens is 1. The zero-order chi connectivity index (χ0) is 10.0. The highest BCUT2D eigenvalue weighted by Crippen LogP contribution is 2.32. The number of hydrogen-bond donors (Lipinski definition) is 0. The van der Waals surface area contributed by atoms with Crippen LogP contribution in [0.4, 0.5) is 8.78 Å². The van der Waals surface area contributed by atoms with Crippen LogP contribution in [0.3, 0.4) is 0 Å². The van der Waals surface area contributed by atoms with Crippen LogP contribution in [0, 0.1) is 0 Å². The Kier molecular flexibility index (Phi) is 3.44. The van der Waals surface area contributed by atoms with Crippen molar-refractivity contribution in [3.8, 4) is 5.75 Å². The Hall–Kier alpha value is -0.420. The fraction of sp³-hybridized carbons (Fsp3) is 0.286. The second-order valence-electron chi connectivity index (χ2n) is 2.16. The maximum Gasteiger partial charge on any atom is 0.266 e. The summed E-state index contributed by atoms with van der Waals surface area (Å²) >= 11 is 8.50. The molecule has 0 unspecified atom stereocenters. The smallest absolute Gasteiger partial charge is 0.266 e. The highest BCUT2D eigenvalue weighted by Gasteiger charge is 2.16. The Morgan fingerprint density at radius 2 is 2.23 bits per heavy atom. The molecule has 0 aliphatic heterocycles. The molecule has 0 aliphatic rings. The van der Waals surface area contributed by atoms with E-state index in [4.69, 9.17) is 16.3 Å². The van der Waals surface area contributed by atoms with E-state index in [1.807, 2.05) is 0 Å². The number of methoxy groups -OCH3 is 1. The number of hydrogen-bond acceptors (Lipinski definition) is 2. The Morgan fingerprint density at radius 1 is 1.62 bits per heavy atom. The van der Waals surface area contributed by atoms with Crippen LogP contribution in [0.15, 0.2) is 10.7 Å². The SMILES string of the molecule is COc1cc(C(F)F)c(Cl)nc1Br. The summed E-state index contributed by atoms with van der Waals surface area (Å²) in [7, 11) is 1.37. The van der Waals surface area contributed by atoms with Gasteiger partial charge >= 0.3 is 0 Å². The molecule has 1 aromatic rings. The number of halogens is 4.